The highest BCUT2D eigenvalue weighted by molar-refractivity contribution is 7.89. The maximum absolute atomic E-state index is 11.4. The van der Waals surface area contributed by atoms with E-state index >= 15 is 0 Å². The highest BCUT2D eigenvalue weighted by Crippen LogP contribution is 2.21. The van der Waals surface area contributed by atoms with E-state index in [0.29, 0.717) is 13.1 Å². The van der Waals surface area contributed by atoms with Crippen molar-refractivity contribution in [3.63, 3.8) is 0 Å². The number of aromatic nitrogens is 2. The number of hydrogen-bond donors (Lipinski definition) is 2. The van der Waals surface area contributed by atoms with Crippen molar-refractivity contribution in [3.8, 4) is 0 Å². The number of benzene rings is 2. The first kappa shape index (κ1) is 20.7. The molecule has 1 aliphatic heterocycles. The van der Waals surface area contributed by atoms with Crippen molar-refractivity contribution in [1.82, 2.24) is 14.9 Å². The zero-order chi connectivity index (χ0) is 21.0. The fourth-order valence-electron chi connectivity index (χ4n) is 3.46. The average Bonchev–Trinajstić information content (AvgIpc) is 2.74. The maximum Gasteiger partial charge on any atom is 0.238 e. The van der Waals surface area contributed by atoms with Gasteiger partial charge in [-0.1, -0.05) is 24.3 Å². The molecule has 9 heteroatoms. The Morgan fingerprint density at radius 1 is 1.03 bits per heavy atom. The Bertz CT molecular complexity index is 1110. The third-order valence-corrected chi connectivity index (χ3v) is 6.01. The molecule has 1 fully saturated rings. The van der Waals surface area contributed by atoms with Crippen LogP contribution in [0.1, 0.15) is 11.4 Å². The number of morpholine rings is 1. The SMILES string of the molecule is NS(=O)(=O)c1ccc(CCNc2nc(CN3CCOCC3)nc3ccccc23)cc1. The Balaban J connectivity index is 1.47. The molecule has 1 aromatic heterocycles. The molecule has 0 spiro atoms. The summed E-state index contributed by atoms with van der Waals surface area (Å²) in [6.07, 6.45) is 0.724. The lowest BCUT2D eigenvalue weighted by Gasteiger charge is -2.26. The second-order valence-corrected chi connectivity index (χ2v) is 8.82. The predicted molar refractivity (Wildman–Crippen MR) is 116 cm³/mol. The van der Waals surface area contributed by atoms with Gasteiger partial charge in [0.05, 0.1) is 30.2 Å². The lowest BCUT2D eigenvalue weighted by atomic mass is 10.1. The molecule has 3 N–H and O–H groups in total. The maximum atomic E-state index is 11.4. The van der Waals surface area contributed by atoms with E-state index in [0.717, 1.165) is 60.8 Å². The van der Waals surface area contributed by atoms with Crippen LogP contribution >= 0.6 is 0 Å². The molecule has 3 aromatic rings. The van der Waals surface area contributed by atoms with Crippen LogP contribution in [0.5, 0.6) is 0 Å². The smallest absolute Gasteiger partial charge is 0.238 e. The van der Waals surface area contributed by atoms with Crippen LogP contribution in [-0.4, -0.2) is 56.1 Å². The van der Waals surface area contributed by atoms with E-state index in [9.17, 15) is 8.42 Å². The molecule has 1 aliphatic rings. The van der Waals surface area contributed by atoms with Crippen molar-refractivity contribution in [1.29, 1.82) is 0 Å². The second-order valence-electron chi connectivity index (χ2n) is 7.26. The highest BCUT2D eigenvalue weighted by atomic mass is 32.2. The summed E-state index contributed by atoms with van der Waals surface area (Å²) in [4.78, 5) is 11.9. The number of sulfonamides is 1. The number of fused-ring (bicyclic) bond motifs is 1. The number of nitrogens with one attached hydrogen (secondary N) is 1. The number of nitrogens with two attached hydrogens (primary N) is 1. The van der Waals surface area contributed by atoms with Crippen LogP contribution in [0, 0.1) is 0 Å². The quantitative estimate of drug-likeness (QED) is 0.591. The van der Waals surface area contributed by atoms with E-state index in [1.165, 1.54) is 12.1 Å². The first-order chi connectivity index (χ1) is 14.5. The molecule has 8 nitrogen and oxygen atoms in total. The first-order valence-electron chi connectivity index (χ1n) is 9.90. The molecule has 4 rings (SSSR count). The summed E-state index contributed by atoms with van der Waals surface area (Å²) in [6.45, 7) is 4.59. The third-order valence-electron chi connectivity index (χ3n) is 5.08. The number of ether oxygens (including phenoxy) is 1. The Morgan fingerprint density at radius 2 is 1.77 bits per heavy atom. The van der Waals surface area contributed by atoms with Crippen LogP contribution in [0.15, 0.2) is 53.4 Å². The molecule has 0 radical (unpaired) electrons. The van der Waals surface area contributed by atoms with Gasteiger partial charge in [0.2, 0.25) is 10.0 Å². The van der Waals surface area contributed by atoms with E-state index in [2.05, 4.69) is 10.2 Å². The fourth-order valence-corrected chi connectivity index (χ4v) is 3.98. The van der Waals surface area contributed by atoms with Gasteiger partial charge >= 0.3 is 0 Å². The predicted octanol–water partition coefficient (Wildman–Crippen LogP) is 1.76. The van der Waals surface area contributed by atoms with Gasteiger partial charge in [-0.15, -0.1) is 0 Å². The van der Waals surface area contributed by atoms with Crippen LogP contribution in [0.25, 0.3) is 10.9 Å². The van der Waals surface area contributed by atoms with Gasteiger partial charge in [-0.25, -0.2) is 23.5 Å². The van der Waals surface area contributed by atoms with E-state index in [-0.39, 0.29) is 4.90 Å². The Hall–Kier alpha value is -2.59. The minimum atomic E-state index is -3.67. The Morgan fingerprint density at radius 3 is 2.50 bits per heavy atom. The second kappa shape index (κ2) is 9.05. The number of hydrogen-bond acceptors (Lipinski definition) is 7. The molecule has 2 aromatic carbocycles. The van der Waals surface area contributed by atoms with Crippen molar-refractivity contribution in [3.05, 3.63) is 59.9 Å². The Kier molecular flexibility index (Phi) is 6.24. The van der Waals surface area contributed by atoms with Crippen molar-refractivity contribution in [2.75, 3.05) is 38.2 Å². The number of primary sulfonamides is 1. The van der Waals surface area contributed by atoms with Gasteiger partial charge in [0.25, 0.3) is 0 Å². The van der Waals surface area contributed by atoms with Crippen molar-refractivity contribution in [2.45, 2.75) is 17.9 Å². The normalized spacial score (nSPS) is 15.4. The van der Waals surface area contributed by atoms with Crippen LogP contribution in [0.4, 0.5) is 5.82 Å². The highest BCUT2D eigenvalue weighted by Gasteiger charge is 2.14. The standard InChI is InChI=1S/C21H25N5O3S/c22-30(27,28)17-7-5-16(6-8-17)9-10-23-21-18-3-1-2-4-19(18)24-20(25-21)15-26-11-13-29-14-12-26/h1-8H,9-15H2,(H2,22,27,28)(H,23,24,25). The van der Waals surface area contributed by atoms with Crippen LogP contribution in [0.2, 0.25) is 0 Å². The fraction of sp³-hybridized carbons (Fsp3) is 0.333. The minimum Gasteiger partial charge on any atom is -0.379 e. The summed E-state index contributed by atoms with van der Waals surface area (Å²) in [5.74, 6) is 1.60. The topological polar surface area (TPSA) is 110 Å². The number of rotatable bonds is 7. The number of anilines is 1. The van der Waals surface area contributed by atoms with Gasteiger partial charge in [-0.05, 0) is 36.2 Å². The summed E-state index contributed by atoms with van der Waals surface area (Å²) < 4.78 is 28.2. The van der Waals surface area contributed by atoms with Crippen LogP contribution < -0.4 is 10.5 Å². The van der Waals surface area contributed by atoms with Gasteiger partial charge in [-0.2, -0.15) is 0 Å². The average molecular weight is 428 g/mol. The largest absolute Gasteiger partial charge is 0.379 e. The minimum absolute atomic E-state index is 0.119. The molecule has 0 aliphatic carbocycles. The van der Waals surface area contributed by atoms with Crippen molar-refractivity contribution >= 4 is 26.7 Å². The summed E-state index contributed by atoms with van der Waals surface area (Å²) in [5.41, 5.74) is 1.93. The molecule has 0 atom stereocenters. The molecule has 0 saturated carbocycles. The summed E-state index contributed by atoms with van der Waals surface area (Å²) in [7, 11) is -3.67. The van der Waals surface area contributed by atoms with Gasteiger partial charge < -0.3 is 10.1 Å². The number of para-hydroxylation sites is 1. The summed E-state index contributed by atoms with van der Waals surface area (Å²) >= 11 is 0. The summed E-state index contributed by atoms with van der Waals surface area (Å²) in [5, 5.41) is 9.55. The number of nitrogens with zero attached hydrogens (tertiary/aromatic N) is 3. The van der Waals surface area contributed by atoms with E-state index in [1.807, 2.05) is 24.3 Å². The monoisotopic (exact) mass is 427 g/mol. The molecule has 1 saturated heterocycles. The summed E-state index contributed by atoms with van der Waals surface area (Å²) in [6, 6.07) is 14.6. The zero-order valence-corrected chi connectivity index (χ0v) is 17.4. The molecular formula is C21H25N5O3S. The lowest BCUT2D eigenvalue weighted by Crippen LogP contribution is -2.36. The lowest BCUT2D eigenvalue weighted by molar-refractivity contribution is 0.0331. The molecular weight excluding hydrogens is 402 g/mol. The van der Waals surface area contributed by atoms with E-state index in [4.69, 9.17) is 19.8 Å². The van der Waals surface area contributed by atoms with Crippen molar-refractivity contribution < 1.29 is 13.2 Å². The van der Waals surface area contributed by atoms with Gasteiger partial charge in [0, 0.05) is 25.0 Å². The van der Waals surface area contributed by atoms with Crippen LogP contribution in [-0.2, 0) is 27.7 Å². The Labute approximate surface area is 176 Å². The third kappa shape index (κ3) is 5.11. The molecule has 2 heterocycles. The molecule has 0 bridgehead atoms. The van der Waals surface area contributed by atoms with Gasteiger partial charge in [-0.3, -0.25) is 4.90 Å². The molecule has 0 unspecified atom stereocenters. The zero-order valence-electron chi connectivity index (χ0n) is 16.6. The van der Waals surface area contributed by atoms with E-state index in [1.54, 1.807) is 12.1 Å². The molecule has 0 amide bonds. The van der Waals surface area contributed by atoms with Crippen molar-refractivity contribution in [2.24, 2.45) is 5.14 Å². The molecule has 30 heavy (non-hydrogen) atoms. The van der Waals surface area contributed by atoms with E-state index < -0.39 is 10.0 Å². The first-order valence-corrected chi connectivity index (χ1v) is 11.4. The molecule has 158 valence electrons. The van der Waals surface area contributed by atoms with Gasteiger partial charge in [0.15, 0.2) is 0 Å². The van der Waals surface area contributed by atoms with Gasteiger partial charge in [0.1, 0.15) is 11.6 Å². The van der Waals surface area contributed by atoms with Crippen LogP contribution in [0.3, 0.4) is 0 Å².